The normalized spacial score (nSPS) is 12.9. The summed E-state index contributed by atoms with van der Waals surface area (Å²) in [6.45, 7) is 8.37. The van der Waals surface area contributed by atoms with Gasteiger partial charge in [0.2, 0.25) is 0 Å². The Morgan fingerprint density at radius 1 is 1.50 bits per heavy atom. The molecule has 0 bridgehead atoms. The molecule has 0 aliphatic heterocycles. The highest BCUT2D eigenvalue weighted by atomic mass is 79.9. The van der Waals surface area contributed by atoms with Crippen LogP contribution in [-0.2, 0) is 0 Å². The van der Waals surface area contributed by atoms with Gasteiger partial charge >= 0.3 is 0 Å². The molecule has 1 unspecified atom stereocenters. The van der Waals surface area contributed by atoms with Crippen molar-refractivity contribution >= 4 is 33.2 Å². The molecule has 2 nitrogen and oxygen atoms in total. The first kappa shape index (κ1) is 13.7. The van der Waals surface area contributed by atoms with Crippen molar-refractivity contribution in [1.29, 1.82) is 0 Å². The predicted molar refractivity (Wildman–Crippen MR) is 73.1 cm³/mol. The summed E-state index contributed by atoms with van der Waals surface area (Å²) in [4.78, 5) is 12.7. The van der Waals surface area contributed by atoms with E-state index in [0.29, 0.717) is 5.92 Å². The monoisotopic (exact) mass is 303 g/mol. The summed E-state index contributed by atoms with van der Waals surface area (Å²) < 4.78 is 1.04. The minimum atomic E-state index is 0.0342. The number of thiophene rings is 1. The lowest BCUT2D eigenvalue weighted by molar-refractivity contribution is 0.0940. The van der Waals surface area contributed by atoms with Crippen molar-refractivity contribution in [3.8, 4) is 0 Å². The topological polar surface area (TPSA) is 29.1 Å². The molecule has 0 saturated heterocycles. The standard InChI is InChI=1S/C12H18BrNOS/c1-7(2)5-9(4)14-12(15)10-6-8(3)11(13)16-10/h6-7,9H,5H2,1-4H3,(H,14,15). The van der Waals surface area contributed by atoms with Crippen LogP contribution in [0.3, 0.4) is 0 Å². The van der Waals surface area contributed by atoms with Crippen LogP contribution >= 0.6 is 27.3 Å². The third kappa shape index (κ3) is 3.91. The molecule has 1 rings (SSSR count). The molecular weight excluding hydrogens is 286 g/mol. The molecule has 90 valence electrons. The van der Waals surface area contributed by atoms with Crippen molar-refractivity contribution < 1.29 is 4.79 Å². The Hall–Kier alpha value is -0.350. The van der Waals surface area contributed by atoms with Gasteiger partial charge in [-0.1, -0.05) is 13.8 Å². The lowest BCUT2D eigenvalue weighted by Crippen LogP contribution is -2.32. The predicted octanol–water partition coefficient (Wildman–Crippen LogP) is 3.98. The second-order valence-electron chi connectivity index (χ2n) is 4.57. The summed E-state index contributed by atoms with van der Waals surface area (Å²) in [7, 11) is 0. The number of hydrogen-bond donors (Lipinski definition) is 1. The fourth-order valence-corrected chi connectivity index (χ4v) is 3.07. The molecule has 0 spiro atoms. The van der Waals surface area contributed by atoms with Gasteiger partial charge < -0.3 is 5.32 Å². The maximum atomic E-state index is 11.9. The Labute approximate surface area is 110 Å². The Morgan fingerprint density at radius 3 is 2.56 bits per heavy atom. The molecule has 0 radical (unpaired) electrons. The van der Waals surface area contributed by atoms with Crippen LogP contribution in [0.2, 0.25) is 0 Å². The highest BCUT2D eigenvalue weighted by Crippen LogP contribution is 2.27. The van der Waals surface area contributed by atoms with Crippen LogP contribution in [0.25, 0.3) is 0 Å². The molecule has 1 N–H and O–H groups in total. The minimum Gasteiger partial charge on any atom is -0.349 e. The van der Waals surface area contributed by atoms with Gasteiger partial charge in [-0.05, 0) is 53.7 Å². The zero-order chi connectivity index (χ0) is 12.3. The number of aryl methyl sites for hydroxylation is 1. The number of carbonyl (C=O) groups is 1. The average molecular weight is 304 g/mol. The first-order valence-electron chi connectivity index (χ1n) is 5.47. The van der Waals surface area contributed by atoms with Crippen molar-refractivity contribution in [1.82, 2.24) is 5.32 Å². The molecule has 0 aliphatic carbocycles. The molecule has 0 fully saturated rings. The Morgan fingerprint density at radius 2 is 2.12 bits per heavy atom. The third-order valence-electron chi connectivity index (χ3n) is 2.28. The lowest BCUT2D eigenvalue weighted by Gasteiger charge is -2.15. The van der Waals surface area contributed by atoms with Gasteiger partial charge in [0.1, 0.15) is 0 Å². The molecule has 1 atom stereocenters. The van der Waals surface area contributed by atoms with Crippen LogP contribution in [0.4, 0.5) is 0 Å². The molecule has 1 amide bonds. The fourth-order valence-electron chi connectivity index (χ4n) is 1.63. The van der Waals surface area contributed by atoms with E-state index in [-0.39, 0.29) is 11.9 Å². The van der Waals surface area contributed by atoms with Crippen molar-refractivity contribution in [2.75, 3.05) is 0 Å². The third-order valence-corrected chi connectivity index (χ3v) is 4.42. The fraction of sp³-hybridized carbons (Fsp3) is 0.583. The number of amides is 1. The highest BCUT2D eigenvalue weighted by molar-refractivity contribution is 9.11. The smallest absolute Gasteiger partial charge is 0.261 e. The van der Waals surface area contributed by atoms with E-state index in [0.717, 1.165) is 20.6 Å². The number of rotatable bonds is 4. The van der Waals surface area contributed by atoms with E-state index in [4.69, 9.17) is 0 Å². The molecule has 1 aromatic heterocycles. The Balaban J connectivity index is 2.58. The van der Waals surface area contributed by atoms with Crippen LogP contribution in [0.1, 0.15) is 42.4 Å². The van der Waals surface area contributed by atoms with Gasteiger partial charge in [0.15, 0.2) is 0 Å². The van der Waals surface area contributed by atoms with Gasteiger partial charge in [0.25, 0.3) is 5.91 Å². The number of hydrogen-bond acceptors (Lipinski definition) is 2. The first-order chi connectivity index (χ1) is 7.40. The molecule has 0 saturated carbocycles. The van der Waals surface area contributed by atoms with Gasteiger partial charge in [-0.15, -0.1) is 11.3 Å². The second kappa shape index (κ2) is 5.82. The van der Waals surface area contributed by atoms with E-state index in [1.165, 1.54) is 11.3 Å². The van der Waals surface area contributed by atoms with Crippen molar-refractivity contribution in [2.24, 2.45) is 5.92 Å². The number of halogens is 1. The van der Waals surface area contributed by atoms with Crippen LogP contribution in [0, 0.1) is 12.8 Å². The molecule has 16 heavy (non-hydrogen) atoms. The number of nitrogens with one attached hydrogen (secondary N) is 1. The SMILES string of the molecule is Cc1cc(C(=O)NC(C)CC(C)C)sc1Br. The second-order valence-corrected chi connectivity index (χ2v) is 6.94. The van der Waals surface area contributed by atoms with E-state index in [2.05, 4.69) is 35.1 Å². The average Bonchev–Trinajstić information content (AvgIpc) is 2.45. The largest absolute Gasteiger partial charge is 0.349 e. The van der Waals surface area contributed by atoms with Gasteiger partial charge in [-0.3, -0.25) is 4.79 Å². The van der Waals surface area contributed by atoms with Gasteiger partial charge in [-0.2, -0.15) is 0 Å². The summed E-state index contributed by atoms with van der Waals surface area (Å²) >= 11 is 4.92. The molecule has 0 aliphatic rings. The summed E-state index contributed by atoms with van der Waals surface area (Å²) in [5.74, 6) is 0.638. The zero-order valence-corrected chi connectivity index (χ0v) is 12.5. The molecular formula is C12H18BrNOS. The quantitative estimate of drug-likeness (QED) is 0.895. The van der Waals surface area contributed by atoms with Crippen LogP contribution in [0.5, 0.6) is 0 Å². The van der Waals surface area contributed by atoms with Crippen molar-refractivity contribution in [3.63, 3.8) is 0 Å². The van der Waals surface area contributed by atoms with Gasteiger partial charge in [-0.25, -0.2) is 0 Å². The van der Waals surface area contributed by atoms with E-state index < -0.39 is 0 Å². The Kier molecular flexibility index (Phi) is 4.99. The van der Waals surface area contributed by atoms with Crippen LogP contribution < -0.4 is 5.32 Å². The zero-order valence-electron chi connectivity index (χ0n) is 10.1. The van der Waals surface area contributed by atoms with E-state index in [1.54, 1.807) is 0 Å². The van der Waals surface area contributed by atoms with E-state index in [9.17, 15) is 4.79 Å². The van der Waals surface area contributed by atoms with Crippen molar-refractivity contribution in [2.45, 2.75) is 40.2 Å². The summed E-state index contributed by atoms with van der Waals surface area (Å²) in [5, 5.41) is 3.02. The van der Waals surface area contributed by atoms with Crippen LogP contribution in [-0.4, -0.2) is 11.9 Å². The van der Waals surface area contributed by atoms with E-state index >= 15 is 0 Å². The highest BCUT2D eigenvalue weighted by Gasteiger charge is 2.14. The molecule has 1 heterocycles. The summed E-state index contributed by atoms with van der Waals surface area (Å²) in [6, 6.07) is 2.15. The first-order valence-corrected chi connectivity index (χ1v) is 7.08. The van der Waals surface area contributed by atoms with Gasteiger partial charge in [0.05, 0.1) is 8.66 Å². The molecule has 4 heteroatoms. The maximum absolute atomic E-state index is 11.9. The molecule has 0 aromatic carbocycles. The lowest BCUT2D eigenvalue weighted by atomic mass is 10.1. The minimum absolute atomic E-state index is 0.0342. The summed E-state index contributed by atoms with van der Waals surface area (Å²) in [6.07, 6.45) is 1.01. The van der Waals surface area contributed by atoms with Gasteiger partial charge in [0, 0.05) is 6.04 Å². The maximum Gasteiger partial charge on any atom is 0.261 e. The van der Waals surface area contributed by atoms with Crippen LogP contribution in [0.15, 0.2) is 9.85 Å². The number of carbonyl (C=O) groups excluding carboxylic acids is 1. The molecule has 1 aromatic rings. The summed E-state index contributed by atoms with van der Waals surface area (Å²) in [5.41, 5.74) is 1.12. The van der Waals surface area contributed by atoms with Crippen molar-refractivity contribution in [3.05, 3.63) is 20.3 Å². The van der Waals surface area contributed by atoms with E-state index in [1.807, 2.05) is 19.9 Å². The Bertz CT molecular complexity index is 354.